The summed E-state index contributed by atoms with van der Waals surface area (Å²) in [5.41, 5.74) is -0.162. The van der Waals surface area contributed by atoms with Crippen LogP contribution in [0.3, 0.4) is 0 Å². The highest BCUT2D eigenvalue weighted by Gasteiger charge is 2.43. The molecular weight excluding hydrogens is 528 g/mol. The molecule has 6 N–H and O–H groups in total. The Hall–Kier alpha value is -0.280. The average Bonchev–Trinajstić information content (AvgIpc) is 2.79. The van der Waals surface area contributed by atoms with Crippen LogP contribution in [0.1, 0.15) is 171 Å². The van der Waals surface area contributed by atoms with Gasteiger partial charge in [-0.1, -0.05) is 51.9 Å². The third-order valence-corrected chi connectivity index (χ3v) is 9.16. The standard InChI is InChI=1S/C35H70N2O5/c1-9-10-11-16-19-27(38)22-35(8)26-29(25-34(6,7)37-35)42-31(40)21-18-15-13-12-14-17-20-30(39)41-28-23-32(2,3)36-33(4,5)24-28/h27-31,36-40H,9-26H2,1-8H3/p+1. The Morgan fingerprint density at radius 1 is 0.619 bits per heavy atom. The monoisotopic (exact) mass is 600 g/mol. The minimum absolute atomic E-state index is 0.0178. The van der Waals surface area contributed by atoms with Gasteiger partial charge in [0.25, 0.3) is 0 Å². The zero-order valence-corrected chi connectivity index (χ0v) is 28.8. The topological polar surface area (TPSA) is 106 Å². The van der Waals surface area contributed by atoms with E-state index in [4.69, 9.17) is 14.6 Å². The van der Waals surface area contributed by atoms with Gasteiger partial charge in [-0.25, -0.2) is 0 Å². The highest BCUT2D eigenvalue weighted by Crippen LogP contribution is 2.35. The summed E-state index contributed by atoms with van der Waals surface area (Å²) in [6, 6.07) is 0. The maximum absolute atomic E-state index is 10.7. The van der Waals surface area contributed by atoms with Gasteiger partial charge in [-0.15, -0.1) is 0 Å². The predicted octanol–water partition coefficient (Wildman–Crippen LogP) is 6.83. The molecule has 0 bridgehead atoms. The fourth-order valence-corrected chi connectivity index (χ4v) is 8.01. The molecule has 2 saturated heterocycles. The molecule has 7 nitrogen and oxygen atoms in total. The van der Waals surface area contributed by atoms with Crippen molar-refractivity contribution in [1.82, 2.24) is 10.6 Å². The molecule has 0 aromatic heterocycles. The SMILES string of the molecule is CCCCCCC([OH2+])CC1(C)CC(OC(O)CCCCCCCCC(O)OC2CC(C)(C)NC(C)(C)C2)CC(C)(C)N1. The maximum atomic E-state index is 10.7. The molecule has 5 unspecified atom stereocenters. The fourth-order valence-electron chi connectivity index (χ4n) is 8.01. The lowest BCUT2D eigenvalue weighted by Crippen LogP contribution is -2.62. The highest BCUT2D eigenvalue weighted by atomic mass is 16.6. The van der Waals surface area contributed by atoms with Gasteiger partial charge < -0.3 is 35.4 Å². The minimum Gasteiger partial charge on any atom is -0.443 e. The zero-order chi connectivity index (χ0) is 31.4. The normalized spacial score (nSPS) is 27.9. The lowest BCUT2D eigenvalue weighted by molar-refractivity contribution is -0.163. The summed E-state index contributed by atoms with van der Waals surface area (Å²) in [5, 5.41) is 37.2. The number of aliphatic hydroxyl groups excluding tert-OH is 2. The van der Waals surface area contributed by atoms with Crippen LogP contribution < -0.4 is 10.6 Å². The van der Waals surface area contributed by atoms with E-state index in [1.54, 1.807) is 0 Å². The lowest BCUT2D eigenvalue weighted by Gasteiger charge is -2.48. The second-order valence-electron chi connectivity index (χ2n) is 16.2. The van der Waals surface area contributed by atoms with Crippen LogP contribution in [0.4, 0.5) is 0 Å². The first kappa shape index (κ1) is 37.9. The number of piperidine rings is 2. The zero-order valence-electron chi connectivity index (χ0n) is 28.8. The van der Waals surface area contributed by atoms with Crippen LogP contribution >= 0.6 is 0 Å². The first-order valence-corrected chi connectivity index (χ1v) is 17.5. The summed E-state index contributed by atoms with van der Waals surface area (Å²) in [4.78, 5) is 0. The van der Waals surface area contributed by atoms with Crippen LogP contribution in [0.25, 0.3) is 0 Å². The first-order chi connectivity index (χ1) is 19.5. The van der Waals surface area contributed by atoms with Crippen molar-refractivity contribution in [3.63, 3.8) is 0 Å². The number of nitrogens with one attached hydrogen (secondary N) is 2. The van der Waals surface area contributed by atoms with Crippen molar-refractivity contribution in [1.29, 1.82) is 0 Å². The highest BCUT2D eigenvalue weighted by molar-refractivity contribution is 5.01. The van der Waals surface area contributed by atoms with Gasteiger partial charge in [-0.2, -0.15) is 0 Å². The van der Waals surface area contributed by atoms with Crippen LogP contribution in [0.2, 0.25) is 0 Å². The number of rotatable bonds is 20. The van der Waals surface area contributed by atoms with E-state index in [0.717, 1.165) is 83.5 Å². The van der Waals surface area contributed by atoms with Crippen LogP contribution in [0.15, 0.2) is 0 Å². The molecule has 0 aromatic rings. The summed E-state index contributed by atoms with van der Waals surface area (Å²) in [7, 11) is 0. The Balaban J connectivity index is 1.58. The fraction of sp³-hybridized carbons (Fsp3) is 1.00. The van der Waals surface area contributed by atoms with Crippen molar-refractivity contribution in [3.05, 3.63) is 0 Å². The van der Waals surface area contributed by atoms with Crippen LogP contribution in [0, 0.1) is 0 Å². The van der Waals surface area contributed by atoms with Gasteiger partial charge in [0.1, 0.15) is 0 Å². The third kappa shape index (κ3) is 15.6. The van der Waals surface area contributed by atoms with Gasteiger partial charge in [0.15, 0.2) is 18.7 Å². The Labute approximate surface area is 259 Å². The van der Waals surface area contributed by atoms with E-state index in [2.05, 4.69) is 66.0 Å². The lowest BCUT2D eigenvalue weighted by atomic mass is 9.76. The van der Waals surface area contributed by atoms with E-state index in [0.29, 0.717) is 12.8 Å². The van der Waals surface area contributed by atoms with E-state index in [1.807, 2.05) is 0 Å². The molecule has 0 spiro atoms. The molecule has 2 heterocycles. The second kappa shape index (κ2) is 17.4. The van der Waals surface area contributed by atoms with Crippen molar-refractivity contribution in [2.45, 2.75) is 224 Å². The largest absolute Gasteiger partial charge is 0.443 e. The quantitative estimate of drug-likeness (QED) is 0.0695. The van der Waals surface area contributed by atoms with E-state index in [1.165, 1.54) is 19.3 Å². The number of aliphatic hydroxyl groups is 2. The van der Waals surface area contributed by atoms with Crippen molar-refractivity contribution in [2.75, 3.05) is 0 Å². The van der Waals surface area contributed by atoms with Crippen molar-refractivity contribution in [3.8, 4) is 0 Å². The van der Waals surface area contributed by atoms with E-state index >= 15 is 0 Å². The Morgan fingerprint density at radius 3 is 1.52 bits per heavy atom. The molecule has 2 fully saturated rings. The first-order valence-electron chi connectivity index (χ1n) is 17.5. The second-order valence-corrected chi connectivity index (χ2v) is 16.2. The molecule has 0 aliphatic carbocycles. The predicted molar refractivity (Wildman–Crippen MR) is 175 cm³/mol. The molecule has 0 aromatic carbocycles. The summed E-state index contributed by atoms with van der Waals surface area (Å²) in [6.45, 7) is 17.7. The summed E-state index contributed by atoms with van der Waals surface area (Å²) < 4.78 is 12.2. The van der Waals surface area contributed by atoms with Crippen molar-refractivity contribution >= 4 is 0 Å². The van der Waals surface area contributed by atoms with Crippen LogP contribution in [0.5, 0.6) is 0 Å². The van der Waals surface area contributed by atoms with Gasteiger partial charge in [-0.05, 0) is 106 Å². The number of hydrogen-bond acceptors (Lipinski definition) is 6. The molecule has 0 saturated carbocycles. The molecule has 2 aliphatic heterocycles. The molecule has 0 amide bonds. The Kier molecular flexibility index (Phi) is 15.7. The molecule has 2 rings (SSSR count). The Morgan fingerprint density at radius 2 is 1.02 bits per heavy atom. The van der Waals surface area contributed by atoms with Crippen LogP contribution in [-0.4, -0.2) is 68.4 Å². The van der Waals surface area contributed by atoms with Gasteiger partial charge in [0, 0.05) is 35.0 Å². The molecule has 250 valence electrons. The van der Waals surface area contributed by atoms with Gasteiger partial charge in [-0.3, -0.25) is 0 Å². The summed E-state index contributed by atoms with van der Waals surface area (Å²) in [6.07, 6.45) is 16.7. The van der Waals surface area contributed by atoms with Crippen molar-refractivity contribution in [2.24, 2.45) is 0 Å². The smallest absolute Gasteiger partial charge is 0.155 e. The average molecular weight is 600 g/mol. The van der Waals surface area contributed by atoms with E-state index in [-0.39, 0.29) is 40.5 Å². The molecule has 0 radical (unpaired) electrons. The maximum Gasteiger partial charge on any atom is 0.155 e. The van der Waals surface area contributed by atoms with E-state index < -0.39 is 12.6 Å². The van der Waals surface area contributed by atoms with Crippen LogP contribution in [-0.2, 0) is 9.47 Å². The number of ether oxygens (including phenoxy) is 2. The number of hydrogen-bond donors (Lipinski definition) is 4. The molecular formula is C35H71N2O5+. The van der Waals surface area contributed by atoms with Crippen molar-refractivity contribution < 1.29 is 24.8 Å². The van der Waals surface area contributed by atoms with Gasteiger partial charge >= 0.3 is 0 Å². The third-order valence-electron chi connectivity index (χ3n) is 9.16. The van der Waals surface area contributed by atoms with E-state index in [9.17, 15) is 10.2 Å². The Bertz CT molecular complexity index is 729. The molecule has 5 atom stereocenters. The molecule has 42 heavy (non-hydrogen) atoms. The molecule has 7 heteroatoms. The summed E-state index contributed by atoms with van der Waals surface area (Å²) in [5.74, 6) is 0. The summed E-state index contributed by atoms with van der Waals surface area (Å²) >= 11 is 0. The molecule has 2 aliphatic rings. The minimum atomic E-state index is -0.716. The van der Waals surface area contributed by atoms with Gasteiger partial charge in [0.05, 0.1) is 12.2 Å². The number of unbranched alkanes of at least 4 members (excludes halogenated alkanes) is 8. The van der Waals surface area contributed by atoms with Gasteiger partial charge in [0.2, 0.25) is 0 Å².